The molecular formula is C20H16F4N4O2. The summed E-state index contributed by atoms with van der Waals surface area (Å²) in [7, 11) is 1.26. The molecule has 30 heavy (non-hydrogen) atoms. The molecular weight excluding hydrogens is 404 g/mol. The van der Waals surface area contributed by atoms with E-state index in [1.54, 1.807) is 12.1 Å². The molecule has 3 aromatic rings. The Labute approximate surface area is 168 Å². The first-order valence-corrected chi connectivity index (χ1v) is 8.62. The minimum atomic E-state index is -4.73. The summed E-state index contributed by atoms with van der Waals surface area (Å²) in [6, 6.07) is 6.50. The van der Waals surface area contributed by atoms with Gasteiger partial charge in [0.05, 0.1) is 36.3 Å². The Kier molecular flexibility index (Phi) is 6.14. The molecule has 0 radical (unpaired) electrons. The lowest BCUT2D eigenvalue weighted by atomic mass is 9.98. The van der Waals surface area contributed by atoms with Gasteiger partial charge >= 0.3 is 12.2 Å². The summed E-state index contributed by atoms with van der Waals surface area (Å²) in [5.41, 5.74) is -1.14. The topological polar surface area (TPSA) is 76.1 Å². The second-order valence-corrected chi connectivity index (χ2v) is 6.10. The van der Waals surface area contributed by atoms with E-state index in [9.17, 15) is 22.4 Å². The van der Waals surface area contributed by atoms with E-state index in [-0.39, 0.29) is 11.3 Å². The van der Waals surface area contributed by atoms with Gasteiger partial charge in [0, 0.05) is 12.4 Å². The van der Waals surface area contributed by atoms with E-state index < -0.39 is 35.3 Å². The molecule has 0 aliphatic carbocycles. The van der Waals surface area contributed by atoms with Crippen LogP contribution in [0.15, 0.2) is 61.1 Å². The molecule has 0 spiro atoms. The van der Waals surface area contributed by atoms with E-state index in [0.717, 1.165) is 24.4 Å². The number of pyridine rings is 2. The van der Waals surface area contributed by atoms with Crippen molar-refractivity contribution in [3.05, 3.63) is 83.7 Å². The minimum absolute atomic E-state index is 0.0545. The fraction of sp³-hybridized carbons (Fsp3) is 0.150. The van der Waals surface area contributed by atoms with Crippen LogP contribution >= 0.6 is 0 Å². The molecule has 2 aromatic heterocycles. The Hall–Kier alpha value is -3.69. The van der Waals surface area contributed by atoms with E-state index >= 15 is 0 Å². The van der Waals surface area contributed by atoms with E-state index in [1.807, 2.05) is 0 Å². The molecule has 0 fully saturated rings. The number of nitrogens with one attached hydrogen (secondary N) is 2. The zero-order valence-corrected chi connectivity index (χ0v) is 15.6. The highest BCUT2D eigenvalue weighted by Crippen LogP contribution is 2.36. The second kappa shape index (κ2) is 8.76. The van der Waals surface area contributed by atoms with Gasteiger partial charge in [-0.3, -0.25) is 9.97 Å². The number of hydrogen-bond acceptors (Lipinski definition) is 4. The summed E-state index contributed by atoms with van der Waals surface area (Å²) < 4.78 is 59.7. The summed E-state index contributed by atoms with van der Waals surface area (Å²) in [5, 5.41) is 4.89. The molecule has 10 heteroatoms. The maximum atomic E-state index is 14.2. The normalized spacial score (nSPS) is 12.2. The molecule has 2 heterocycles. The number of carbonyl (C=O) groups is 1. The average molecular weight is 420 g/mol. The predicted molar refractivity (Wildman–Crippen MR) is 100 cm³/mol. The average Bonchev–Trinajstić information content (AvgIpc) is 2.72. The number of anilines is 1. The van der Waals surface area contributed by atoms with Crippen LogP contribution in [0.1, 0.15) is 22.9 Å². The number of nitrogens with zero attached hydrogens (tertiary/aromatic N) is 2. The number of rotatable bonds is 5. The van der Waals surface area contributed by atoms with Gasteiger partial charge in [-0.05, 0) is 42.0 Å². The quantitative estimate of drug-likeness (QED) is 0.594. The molecule has 0 aliphatic rings. The summed E-state index contributed by atoms with van der Waals surface area (Å²) in [4.78, 5) is 20.1. The van der Waals surface area contributed by atoms with Crippen molar-refractivity contribution in [3.63, 3.8) is 0 Å². The van der Waals surface area contributed by atoms with Gasteiger partial charge in [0.25, 0.3) is 0 Å². The van der Waals surface area contributed by atoms with Gasteiger partial charge in [-0.15, -0.1) is 0 Å². The van der Waals surface area contributed by atoms with Gasteiger partial charge < -0.3 is 15.4 Å². The lowest BCUT2D eigenvalue weighted by Gasteiger charge is -2.23. The Bertz CT molecular complexity index is 1030. The Balaban J connectivity index is 2.02. The van der Waals surface area contributed by atoms with E-state index in [1.165, 1.54) is 31.6 Å². The number of carbonyl (C=O) groups excluding carboxylic acids is 1. The molecule has 1 atom stereocenters. The third kappa shape index (κ3) is 4.83. The number of amides is 2. The third-order valence-electron chi connectivity index (χ3n) is 4.12. The summed E-state index contributed by atoms with van der Waals surface area (Å²) >= 11 is 0. The number of aromatic nitrogens is 2. The Morgan fingerprint density at radius 2 is 1.90 bits per heavy atom. The van der Waals surface area contributed by atoms with Gasteiger partial charge in [0.1, 0.15) is 0 Å². The van der Waals surface area contributed by atoms with Crippen LogP contribution < -0.4 is 15.4 Å². The summed E-state index contributed by atoms with van der Waals surface area (Å²) in [6.07, 6.45) is -0.703. The molecule has 2 amide bonds. The number of hydrogen-bond donors (Lipinski definition) is 2. The van der Waals surface area contributed by atoms with E-state index in [0.29, 0.717) is 5.69 Å². The first-order valence-electron chi connectivity index (χ1n) is 8.62. The molecule has 0 bridgehead atoms. The molecule has 0 saturated heterocycles. The summed E-state index contributed by atoms with van der Waals surface area (Å²) in [5.74, 6) is -0.881. The van der Waals surface area contributed by atoms with Crippen molar-refractivity contribution < 1.29 is 27.1 Å². The lowest BCUT2D eigenvalue weighted by molar-refractivity contribution is -0.138. The monoisotopic (exact) mass is 420 g/mol. The lowest BCUT2D eigenvalue weighted by Crippen LogP contribution is -2.35. The number of benzene rings is 1. The van der Waals surface area contributed by atoms with Crippen molar-refractivity contribution >= 4 is 11.7 Å². The van der Waals surface area contributed by atoms with Gasteiger partial charge in [0.15, 0.2) is 11.6 Å². The molecule has 156 valence electrons. The van der Waals surface area contributed by atoms with Crippen molar-refractivity contribution in [1.29, 1.82) is 0 Å². The molecule has 0 unspecified atom stereocenters. The Morgan fingerprint density at radius 1 is 1.13 bits per heavy atom. The fourth-order valence-corrected chi connectivity index (χ4v) is 2.79. The van der Waals surface area contributed by atoms with Crippen LogP contribution in [0.25, 0.3) is 0 Å². The number of methoxy groups -OCH3 is 1. The molecule has 0 aliphatic heterocycles. The van der Waals surface area contributed by atoms with Crippen LogP contribution in [0.2, 0.25) is 0 Å². The van der Waals surface area contributed by atoms with Crippen molar-refractivity contribution in [3.8, 4) is 5.75 Å². The highest BCUT2D eigenvalue weighted by Gasteiger charge is 2.37. The molecule has 6 nitrogen and oxygen atoms in total. The number of urea groups is 1. The molecule has 1 aromatic carbocycles. The second-order valence-electron chi connectivity index (χ2n) is 6.10. The predicted octanol–water partition coefficient (Wildman–Crippen LogP) is 4.55. The summed E-state index contributed by atoms with van der Waals surface area (Å²) in [6.45, 7) is 0. The van der Waals surface area contributed by atoms with Crippen molar-refractivity contribution in [2.24, 2.45) is 0 Å². The SMILES string of the molecule is COc1ccc([C@H](NC(=O)Nc2cccnc2)c2ncccc2C(F)(F)F)cc1F. The Morgan fingerprint density at radius 3 is 2.53 bits per heavy atom. The fourth-order valence-electron chi connectivity index (χ4n) is 2.79. The van der Waals surface area contributed by atoms with E-state index in [2.05, 4.69) is 20.6 Å². The van der Waals surface area contributed by atoms with Crippen LogP contribution in [-0.2, 0) is 6.18 Å². The number of ether oxygens (including phenoxy) is 1. The largest absolute Gasteiger partial charge is 0.494 e. The number of alkyl halides is 3. The third-order valence-corrected chi connectivity index (χ3v) is 4.12. The first-order chi connectivity index (χ1) is 14.3. The number of halogens is 4. The van der Waals surface area contributed by atoms with Crippen molar-refractivity contribution in [2.75, 3.05) is 12.4 Å². The highest BCUT2D eigenvalue weighted by molar-refractivity contribution is 5.89. The highest BCUT2D eigenvalue weighted by atomic mass is 19.4. The van der Waals surface area contributed by atoms with Gasteiger partial charge in [-0.25, -0.2) is 9.18 Å². The van der Waals surface area contributed by atoms with Crippen LogP contribution in [0.5, 0.6) is 5.75 Å². The standard InChI is InChI=1S/C20H16F4N4O2/c1-30-16-7-6-12(10-15(16)21)17(18-14(20(22,23)24)5-3-9-26-18)28-19(29)27-13-4-2-8-25-11-13/h2-11,17H,1H3,(H2,27,28,29)/t17-/m0/s1. The molecule has 3 rings (SSSR count). The minimum Gasteiger partial charge on any atom is -0.494 e. The molecule has 2 N–H and O–H groups in total. The van der Waals surface area contributed by atoms with Crippen LogP contribution in [0.4, 0.5) is 28.0 Å². The smallest absolute Gasteiger partial charge is 0.418 e. The van der Waals surface area contributed by atoms with Gasteiger partial charge in [-0.2, -0.15) is 13.2 Å². The maximum absolute atomic E-state index is 14.2. The van der Waals surface area contributed by atoms with Gasteiger partial charge in [-0.1, -0.05) is 6.07 Å². The maximum Gasteiger partial charge on any atom is 0.418 e. The van der Waals surface area contributed by atoms with Crippen molar-refractivity contribution in [1.82, 2.24) is 15.3 Å². The van der Waals surface area contributed by atoms with Gasteiger partial charge in [0.2, 0.25) is 0 Å². The van der Waals surface area contributed by atoms with Crippen molar-refractivity contribution in [2.45, 2.75) is 12.2 Å². The van der Waals surface area contributed by atoms with Crippen LogP contribution in [-0.4, -0.2) is 23.1 Å². The molecule has 0 saturated carbocycles. The van der Waals surface area contributed by atoms with E-state index in [4.69, 9.17) is 4.74 Å². The first kappa shape index (κ1) is 21.0. The zero-order chi connectivity index (χ0) is 21.7. The zero-order valence-electron chi connectivity index (χ0n) is 15.6. The van der Waals surface area contributed by atoms with Crippen LogP contribution in [0.3, 0.4) is 0 Å². The van der Waals surface area contributed by atoms with Crippen LogP contribution in [0, 0.1) is 5.82 Å².